The summed E-state index contributed by atoms with van der Waals surface area (Å²) < 4.78 is 57.4. The molecular weight excluding hydrogens is 686 g/mol. The van der Waals surface area contributed by atoms with Gasteiger partial charge in [0.25, 0.3) is 21.8 Å². The molecule has 252 valence electrons. The van der Waals surface area contributed by atoms with Crippen molar-refractivity contribution in [2.75, 3.05) is 17.6 Å². The molecule has 0 spiro atoms. The molecule has 3 heterocycles. The zero-order chi connectivity index (χ0) is 34.3. The largest absolute Gasteiger partial charge is 0.367 e. The number of imide groups is 1. The Morgan fingerprint density at radius 2 is 1.45 bits per heavy atom. The van der Waals surface area contributed by atoms with Crippen LogP contribution in [0, 0.1) is 0 Å². The van der Waals surface area contributed by atoms with Crippen molar-refractivity contribution in [3.63, 3.8) is 0 Å². The molecule has 0 saturated heterocycles. The number of nitrogens with one attached hydrogen (secondary N) is 2. The van der Waals surface area contributed by atoms with Crippen LogP contribution in [0.4, 0.5) is 5.82 Å². The second-order valence-electron chi connectivity index (χ2n) is 12.2. The molecule has 1 aliphatic carbocycles. The highest BCUT2D eigenvalue weighted by Gasteiger charge is 2.36. The molecule has 0 radical (unpaired) electrons. The van der Waals surface area contributed by atoms with Gasteiger partial charge in [0.15, 0.2) is 0 Å². The van der Waals surface area contributed by atoms with Crippen molar-refractivity contribution in [2.45, 2.75) is 42.7 Å². The minimum Gasteiger partial charge on any atom is -0.367 e. The van der Waals surface area contributed by atoms with E-state index >= 15 is 0 Å². The lowest BCUT2D eigenvalue weighted by atomic mass is 9.91. The molecular formula is C35H32ClN5O6S2. The summed E-state index contributed by atoms with van der Waals surface area (Å²) in [6.45, 7) is -0.242. The van der Waals surface area contributed by atoms with Gasteiger partial charge in [-0.05, 0) is 73.7 Å². The summed E-state index contributed by atoms with van der Waals surface area (Å²) in [5.74, 6) is -0.911. The van der Waals surface area contributed by atoms with Gasteiger partial charge in [-0.2, -0.15) is 0 Å². The molecule has 11 nitrogen and oxygen atoms in total. The van der Waals surface area contributed by atoms with Gasteiger partial charge in [0.1, 0.15) is 11.0 Å². The maximum absolute atomic E-state index is 13.6. The van der Waals surface area contributed by atoms with Crippen LogP contribution in [-0.4, -0.2) is 66.9 Å². The summed E-state index contributed by atoms with van der Waals surface area (Å²) in [6.07, 6.45) is 4.22. The molecule has 7 rings (SSSR count). The highest BCUT2D eigenvalue weighted by Crippen LogP contribution is 2.35. The SMILES string of the molecule is O=C1c2ccccc2C(=O)N1CCS(=O)(=O)NC1CCCC(Nc2cc(-c3cn(S(=O)(=O)c4ccccc4)c4ccccc34)cc(Cl)n2)C1. The molecule has 49 heavy (non-hydrogen) atoms. The van der Waals surface area contributed by atoms with Crippen LogP contribution in [0.15, 0.2) is 102 Å². The van der Waals surface area contributed by atoms with Crippen molar-refractivity contribution < 1.29 is 26.4 Å². The van der Waals surface area contributed by atoms with Gasteiger partial charge in [-0.3, -0.25) is 14.5 Å². The van der Waals surface area contributed by atoms with Gasteiger partial charge in [0.2, 0.25) is 10.0 Å². The van der Waals surface area contributed by atoms with Crippen LogP contribution in [0.2, 0.25) is 5.15 Å². The Labute approximate surface area is 289 Å². The molecule has 2 aromatic heterocycles. The third kappa shape index (κ3) is 6.58. The Balaban J connectivity index is 1.06. The second-order valence-corrected chi connectivity index (χ2v) is 16.3. The highest BCUT2D eigenvalue weighted by molar-refractivity contribution is 7.90. The van der Waals surface area contributed by atoms with Crippen LogP contribution in [0.5, 0.6) is 0 Å². The van der Waals surface area contributed by atoms with E-state index in [4.69, 9.17) is 11.6 Å². The lowest BCUT2D eigenvalue weighted by molar-refractivity contribution is 0.0664. The predicted molar refractivity (Wildman–Crippen MR) is 188 cm³/mol. The third-order valence-electron chi connectivity index (χ3n) is 8.92. The fraction of sp³-hybridized carbons (Fsp3) is 0.229. The van der Waals surface area contributed by atoms with Crippen molar-refractivity contribution in [3.8, 4) is 11.1 Å². The Bertz CT molecular complexity index is 2280. The monoisotopic (exact) mass is 717 g/mol. The summed E-state index contributed by atoms with van der Waals surface area (Å²) >= 11 is 6.50. The first-order valence-corrected chi connectivity index (χ1v) is 19.3. The lowest BCUT2D eigenvalue weighted by Gasteiger charge is -2.30. The summed E-state index contributed by atoms with van der Waals surface area (Å²) in [6, 6.07) is 24.9. The molecule has 3 aromatic carbocycles. The summed E-state index contributed by atoms with van der Waals surface area (Å²) in [5.41, 5.74) is 2.41. The van der Waals surface area contributed by atoms with E-state index < -0.39 is 37.6 Å². The number of nitrogens with zero attached hydrogens (tertiary/aromatic N) is 3. The van der Waals surface area contributed by atoms with E-state index in [-0.39, 0.29) is 39.8 Å². The minimum absolute atomic E-state index is 0.128. The first-order chi connectivity index (χ1) is 23.5. The van der Waals surface area contributed by atoms with E-state index in [9.17, 15) is 26.4 Å². The molecule has 14 heteroatoms. The number of anilines is 1. The van der Waals surface area contributed by atoms with Gasteiger partial charge in [-0.15, -0.1) is 0 Å². The van der Waals surface area contributed by atoms with Crippen LogP contribution in [0.3, 0.4) is 0 Å². The van der Waals surface area contributed by atoms with E-state index in [0.29, 0.717) is 35.3 Å². The zero-order valence-corrected chi connectivity index (χ0v) is 28.5. The van der Waals surface area contributed by atoms with Gasteiger partial charge in [0.05, 0.1) is 27.3 Å². The van der Waals surface area contributed by atoms with E-state index in [1.165, 1.54) is 3.97 Å². The van der Waals surface area contributed by atoms with Crippen LogP contribution >= 0.6 is 11.6 Å². The van der Waals surface area contributed by atoms with Gasteiger partial charge < -0.3 is 5.32 Å². The molecule has 0 bridgehead atoms. The standard InChI is InChI=1S/C35H32ClN5O6S2/c36-32-19-23(30-22-41(31-16-7-6-13-27(30)31)49(46,47)26-11-2-1-3-12-26)20-33(38-32)37-24-9-8-10-25(21-24)39-48(44,45)18-17-40-34(42)28-14-4-5-15-29(28)35(40)43/h1-7,11-16,19-20,22,24-25,39H,8-10,17-18,21H2,(H,37,38). The topological polar surface area (TPSA) is 148 Å². The van der Waals surface area contributed by atoms with Gasteiger partial charge in [-0.25, -0.2) is 30.5 Å². The Morgan fingerprint density at radius 1 is 0.796 bits per heavy atom. The molecule has 2 aliphatic rings. The summed E-state index contributed by atoms with van der Waals surface area (Å²) in [4.78, 5) is 31.0. The molecule has 1 aliphatic heterocycles. The van der Waals surface area contributed by atoms with Crippen molar-refractivity contribution >= 4 is 60.2 Å². The molecule has 2 unspecified atom stereocenters. The van der Waals surface area contributed by atoms with Crippen molar-refractivity contribution in [1.82, 2.24) is 18.6 Å². The van der Waals surface area contributed by atoms with Crippen molar-refractivity contribution in [1.29, 1.82) is 0 Å². The number of carbonyl (C=O) groups is 2. The number of carbonyl (C=O) groups excluding carboxylic acids is 2. The number of hydrogen-bond donors (Lipinski definition) is 2. The van der Waals surface area contributed by atoms with Crippen molar-refractivity contribution in [3.05, 3.63) is 113 Å². The molecule has 2 amide bonds. The quantitative estimate of drug-likeness (QED) is 0.142. The van der Waals surface area contributed by atoms with E-state index in [1.54, 1.807) is 79.0 Å². The Morgan fingerprint density at radius 3 is 2.18 bits per heavy atom. The van der Waals surface area contributed by atoms with Crippen LogP contribution in [0.1, 0.15) is 46.4 Å². The van der Waals surface area contributed by atoms with E-state index in [2.05, 4.69) is 15.0 Å². The zero-order valence-electron chi connectivity index (χ0n) is 26.1. The van der Waals surface area contributed by atoms with Gasteiger partial charge in [0, 0.05) is 35.8 Å². The average Bonchev–Trinajstić information content (AvgIpc) is 3.59. The average molecular weight is 718 g/mol. The Kier molecular flexibility index (Phi) is 8.78. The first kappa shape index (κ1) is 33.0. The third-order valence-corrected chi connectivity index (χ3v) is 12.2. The van der Waals surface area contributed by atoms with Crippen molar-refractivity contribution in [2.24, 2.45) is 0 Å². The number of para-hydroxylation sites is 1. The number of sulfonamides is 1. The number of amides is 2. The number of halogens is 1. The minimum atomic E-state index is -3.88. The maximum atomic E-state index is 13.6. The molecule has 1 fully saturated rings. The number of pyridine rings is 1. The maximum Gasteiger partial charge on any atom is 0.268 e. The normalized spacial score (nSPS) is 18.2. The number of aromatic nitrogens is 2. The number of fused-ring (bicyclic) bond motifs is 2. The number of hydrogen-bond acceptors (Lipinski definition) is 8. The fourth-order valence-corrected chi connectivity index (χ4v) is 9.48. The van der Waals surface area contributed by atoms with Crippen LogP contribution in [-0.2, 0) is 20.0 Å². The fourth-order valence-electron chi connectivity index (χ4n) is 6.61. The highest BCUT2D eigenvalue weighted by atomic mass is 35.5. The van der Waals surface area contributed by atoms with Crippen LogP contribution < -0.4 is 10.0 Å². The molecule has 1 saturated carbocycles. The predicted octanol–water partition coefficient (Wildman–Crippen LogP) is 5.53. The summed E-state index contributed by atoms with van der Waals surface area (Å²) in [7, 11) is -7.69. The smallest absolute Gasteiger partial charge is 0.268 e. The van der Waals surface area contributed by atoms with Gasteiger partial charge >= 0.3 is 0 Å². The van der Waals surface area contributed by atoms with Gasteiger partial charge in [-0.1, -0.05) is 60.1 Å². The van der Waals surface area contributed by atoms with Crippen LogP contribution in [0.25, 0.3) is 22.0 Å². The first-order valence-electron chi connectivity index (χ1n) is 15.8. The number of rotatable bonds is 10. The Hall–Kier alpha value is -4.56. The van der Waals surface area contributed by atoms with E-state index in [0.717, 1.165) is 23.1 Å². The number of benzene rings is 3. The lowest BCUT2D eigenvalue weighted by Crippen LogP contribution is -2.44. The summed E-state index contributed by atoms with van der Waals surface area (Å²) in [5, 5.41) is 4.34. The molecule has 2 atom stereocenters. The van der Waals surface area contributed by atoms with E-state index in [1.807, 2.05) is 18.2 Å². The molecule has 2 N–H and O–H groups in total. The second kappa shape index (κ2) is 13.0. The molecule has 5 aromatic rings.